The molecule has 0 N–H and O–H groups in total. The van der Waals surface area contributed by atoms with Gasteiger partial charge < -0.3 is 0 Å². The van der Waals surface area contributed by atoms with E-state index in [4.69, 9.17) is 0 Å². The number of hydrogen-bond donors (Lipinski definition) is 0. The predicted molar refractivity (Wildman–Crippen MR) is 60.3 cm³/mol. The molecule has 0 spiro atoms. The zero-order valence-electron chi connectivity index (χ0n) is 9.00. The van der Waals surface area contributed by atoms with Crippen molar-refractivity contribution in [3.63, 3.8) is 0 Å². The van der Waals surface area contributed by atoms with E-state index >= 15 is 0 Å². The van der Waals surface area contributed by atoms with Crippen LogP contribution in [0.2, 0.25) is 0 Å². The Morgan fingerprint density at radius 3 is 1.94 bits per heavy atom. The minimum atomic E-state index is -0.526. The summed E-state index contributed by atoms with van der Waals surface area (Å²) >= 11 is 0. The summed E-state index contributed by atoms with van der Waals surface area (Å²) in [6, 6.07) is 11.5. The number of benzene rings is 2. The molecule has 2 heteroatoms. The maximum absolute atomic E-state index is 13.0. The van der Waals surface area contributed by atoms with Gasteiger partial charge in [0, 0.05) is 6.07 Å². The largest absolute Gasteiger partial charge is 0.207 e. The Kier molecular flexibility index (Phi) is 3.00. The van der Waals surface area contributed by atoms with Crippen LogP contribution in [0.4, 0.5) is 8.78 Å². The molecule has 0 aliphatic rings. The van der Waals surface area contributed by atoms with Gasteiger partial charge in [-0.15, -0.1) is 0 Å². The highest BCUT2D eigenvalue weighted by molar-refractivity contribution is 5.28. The lowest BCUT2D eigenvalue weighted by atomic mass is 10.0. The van der Waals surface area contributed by atoms with Crippen LogP contribution in [0.5, 0.6) is 0 Å². The molecule has 0 saturated heterocycles. The molecule has 2 rings (SSSR count). The monoisotopic (exact) mass is 218 g/mol. The average Bonchev–Trinajstić information content (AvgIpc) is 2.20. The fourth-order valence-electron chi connectivity index (χ4n) is 1.65. The van der Waals surface area contributed by atoms with Gasteiger partial charge in [-0.2, -0.15) is 0 Å². The molecule has 0 bridgehead atoms. The number of hydrogen-bond acceptors (Lipinski definition) is 0. The van der Waals surface area contributed by atoms with E-state index in [-0.39, 0.29) is 0 Å². The van der Waals surface area contributed by atoms with Crippen molar-refractivity contribution in [3.8, 4) is 0 Å². The van der Waals surface area contributed by atoms with E-state index in [9.17, 15) is 8.78 Å². The normalized spacial score (nSPS) is 10.4. The highest BCUT2D eigenvalue weighted by Gasteiger charge is 2.01. The fraction of sp³-hybridized carbons (Fsp3) is 0.143. The molecular formula is C14H12F2. The Morgan fingerprint density at radius 2 is 1.38 bits per heavy atom. The Morgan fingerprint density at radius 1 is 0.812 bits per heavy atom. The standard InChI is InChI=1S/C14H12F2/c1-10-2-4-11(5-3-10)6-12-7-13(15)9-14(16)8-12/h2-5,7-9H,6H2,1H3. The maximum atomic E-state index is 13.0. The molecule has 0 heterocycles. The van der Waals surface area contributed by atoms with Crippen molar-refractivity contribution in [2.75, 3.05) is 0 Å². The van der Waals surface area contributed by atoms with Crippen molar-refractivity contribution in [2.24, 2.45) is 0 Å². The van der Waals surface area contributed by atoms with Gasteiger partial charge in [0.1, 0.15) is 11.6 Å². The summed E-state index contributed by atoms with van der Waals surface area (Å²) < 4.78 is 25.9. The smallest absolute Gasteiger partial charge is 0.126 e. The zero-order chi connectivity index (χ0) is 11.5. The molecule has 0 saturated carbocycles. The Balaban J connectivity index is 2.23. The van der Waals surface area contributed by atoms with Gasteiger partial charge in [-0.3, -0.25) is 0 Å². The van der Waals surface area contributed by atoms with Crippen LogP contribution < -0.4 is 0 Å². The van der Waals surface area contributed by atoms with Crippen molar-refractivity contribution in [1.82, 2.24) is 0 Å². The van der Waals surface area contributed by atoms with Crippen LogP contribution in [0.3, 0.4) is 0 Å². The topological polar surface area (TPSA) is 0 Å². The van der Waals surface area contributed by atoms with Gasteiger partial charge in [0.05, 0.1) is 0 Å². The summed E-state index contributed by atoms with van der Waals surface area (Å²) in [5.41, 5.74) is 2.88. The van der Waals surface area contributed by atoms with Gasteiger partial charge in [0.2, 0.25) is 0 Å². The van der Waals surface area contributed by atoms with Crippen molar-refractivity contribution in [1.29, 1.82) is 0 Å². The summed E-state index contributed by atoms with van der Waals surface area (Å²) in [7, 11) is 0. The van der Waals surface area contributed by atoms with Crippen LogP contribution in [-0.4, -0.2) is 0 Å². The van der Waals surface area contributed by atoms with Crippen LogP contribution in [0, 0.1) is 18.6 Å². The molecule has 0 fully saturated rings. The fourth-order valence-corrected chi connectivity index (χ4v) is 1.65. The first-order valence-electron chi connectivity index (χ1n) is 5.14. The zero-order valence-corrected chi connectivity index (χ0v) is 9.00. The van der Waals surface area contributed by atoms with Crippen LogP contribution in [0.1, 0.15) is 16.7 Å². The SMILES string of the molecule is Cc1ccc(Cc2cc(F)cc(F)c2)cc1. The first-order chi connectivity index (χ1) is 7.63. The Labute approximate surface area is 93.5 Å². The quantitative estimate of drug-likeness (QED) is 0.718. The highest BCUT2D eigenvalue weighted by Crippen LogP contribution is 2.13. The summed E-state index contributed by atoms with van der Waals surface area (Å²) in [6.45, 7) is 2.01. The molecule has 0 amide bonds. The van der Waals surface area contributed by atoms with Crippen LogP contribution in [0.15, 0.2) is 42.5 Å². The van der Waals surface area contributed by atoms with Gasteiger partial charge in [-0.1, -0.05) is 29.8 Å². The lowest BCUT2D eigenvalue weighted by Gasteiger charge is -2.03. The van der Waals surface area contributed by atoms with E-state index < -0.39 is 11.6 Å². The average molecular weight is 218 g/mol. The van der Waals surface area contributed by atoms with E-state index in [2.05, 4.69) is 0 Å². The first kappa shape index (κ1) is 10.8. The van der Waals surface area contributed by atoms with E-state index in [1.165, 1.54) is 17.7 Å². The van der Waals surface area contributed by atoms with E-state index in [1.54, 1.807) is 0 Å². The Bertz CT molecular complexity index is 466. The maximum Gasteiger partial charge on any atom is 0.126 e. The van der Waals surface area contributed by atoms with Crippen LogP contribution >= 0.6 is 0 Å². The summed E-state index contributed by atoms with van der Waals surface area (Å²) in [4.78, 5) is 0. The van der Waals surface area contributed by atoms with Crippen LogP contribution in [-0.2, 0) is 6.42 Å². The molecule has 0 unspecified atom stereocenters. The third-order valence-corrected chi connectivity index (χ3v) is 2.45. The van der Waals surface area contributed by atoms with Gasteiger partial charge in [-0.25, -0.2) is 8.78 Å². The van der Waals surface area contributed by atoms with Crippen molar-refractivity contribution in [3.05, 3.63) is 70.8 Å². The second-order valence-electron chi connectivity index (χ2n) is 3.94. The van der Waals surface area contributed by atoms with E-state index in [1.807, 2.05) is 31.2 Å². The molecule has 0 atom stereocenters. The molecule has 0 radical (unpaired) electrons. The van der Waals surface area contributed by atoms with Crippen molar-refractivity contribution >= 4 is 0 Å². The molecular weight excluding hydrogens is 206 g/mol. The molecule has 0 aliphatic heterocycles. The minimum Gasteiger partial charge on any atom is -0.207 e. The third kappa shape index (κ3) is 2.66. The highest BCUT2D eigenvalue weighted by atomic mass is 19.1. The summed E-state index contributed by atoms with van der Waals surface area (Å²) in [5, 5.41) is 0. The van der Waals surface area contributed by atoms with Gasteiger partial charge >= 0.3 is 0 Å². The molecule has 82 valence electrons. The van der Waals surface area contributed by atoms with Gasteiger partial charge in [0.25, 0.3) is 0 Å². The predicted octanol–water partition coefficient (Wildman–Crippen LogP) is 3.86. The molecule has 0 aromatic heterocycles. The second-order valence-corrected chi connectivity index (χ2v) is 3.94. The molecule has 16 heavy (non-hydrogen) atoms. The summed E-state index contributed by atoms with van der Waals surface area (Å²) in [5.74, 6) is -1.05. The lowest BCUT2D eigenvalue weighted by Crippen LogP contribution is -1.91. The minimum absolute atomic E-state index is 0.526. The van der Waals surface area contributed by atoms with Crippen molar-refractivity contribution < 1.29 is 8.78 Å². The molecule has 2 aromatic rings. The molecule has 0 aliphatic carbocycles. The first-order valence-corrected chi connectivity index (χ1v) is 5.14. The second kappa shape index (κ2) is 4.44. The summed E-state index contributed by atoms with van der Waals surface area (Å²) in [6.07, 6.45) is 0.551. The number of rotatable bonds is 2. The van der Waals surface area contributed by atoms with E-state index in [0.29, 0.717) is 12.0 Å². The molecule has 0 nitrogen and oxygen atoms in total. The van der Waals surface area contributed by atoms with Crippen LogP contribution in [0.25, 0.3) is 0 Å². The third-order valence-electron chi connectivity index (χ3n) is 2.45. The number of aryl methyl sites for hydroxylation is 1. The van der Waals surface area contributed by atoms with Gasteiger partial charge in [-0.05, 0) is 36.6 Å². The van der Waals surface area contributed by atoms with E-state index in [0.717, 1.165) is 11.6 Å². The lowest BCUT2D eigenvalue weighted by molar-refractivity contribution is 0.580. The van der Waals surface area contributed by atoms with Gasteiger partial charge in [0.15, 0.2) is 0 Å². The Hall–Kier alpha value is -1.70. The number of halogens is 2. The van der Waals surface area contributed by atoms with Crippen molar-refractivity contribution in [2.45, 2.75) is 13.3 Å². The molecule has 2 aromatic carbocycles.